The number of carbonyl (C=O) groups is 1. The summed E-state index contributed by atoms with van der Waals surface area (Å²) in [6, 6.07) is 6.83. The summed E-state index contributed by atoms with van der Waals surface area (Å²) in [4.78, 5) is 12.3. The highest BCUT2D eigenvalue weighted by Crippen LogP contribution is 2.42. The maximum atomic E-state index is 13.1. The lowest BCUT2D eigenvalue weighted by Gasteiger charge is -2.26. The molecule has 0 aliphatic carbocycles. The summed E-state index contributed by atoms with van der Waals surface area (Å²) in [5.74, 6) is -0.196. The molecule has 4 rings (SSSR count). The van der Waals surface area contributed by atoms with Crippen LogP contribution in [0.2, 0.25) is 0 Å². The van der Waals surface area contributed by atoms with E-state index in [9.17, 15) is 13.2 Å². The Kier molecular flexibility index (Phi) is 3.48. The van der Waals surface area contributed by atoms with E-state index in [-0.39, 0.29) is 10.8 Å². The molecular weight excluding hydrogens is 380 g/mol. The minimum absolute atomic E-state index is 0.196. The van der Waals surface area contributed by atoms with Gasteiger partial charge in [-0.3, -0.25) is 4.79 Å². The van der Waals surface area contributed by atoms with Gasteiger partial charge in [-0.05, 0) is 40.9 Å². The second-order valence-corrected chi connectivity index (χ2v) is 8.64. The predicted octanol–water partition coefficient (Wildman–Crippen LogP) is 3.34. The number of hydrogen-bond acceptors (Lipinski definition) is 3. The van der Waals surface area contributed by atoms with Crippen LogP contribution in [0.4, 0.5) is 5.69 Å². The summed E-state index contributed by atoms with van der Waals surface area (Å²) in [6.07, 6.45) is 2.85. The van der Waals surface area contributed by atoms with Crippen LogP contribution in [0.3, 0.4) is 0 Å². The summed E-state index contributed by atoms with van der Waals surface area (Å²) in [5.41, 5.74) is 1.17. The fourth-order valence-electron chi connectivity index (χ4n) is 3.36. The van der Waals surface area contributed by atoms with Crippen molar-refractivity contribution in [1.82, 2.24) is 4.31 Å². The van der Waals surface area contributed by atoms with Gasteiger partial charge in [0.2, 0.25) is 10.0 Å². The third-order valence-corrected chi connectivity index (χ3v) is 7.06. The maximum Gasteiger partial charge on any atom is 0.256 e. The largest absolute Gasteiger partial charge is 0.320 e. The van der Waals surface area contributed by atoms with Crippen molar-refractivity contribution in [3.63, 3.8) is 0 Å². The van der Waals surface area contributed by atoms with Crippen molar-refractivity contribution in [2.75, 3.05) is 18.4 Å². The third-order valence-electron chi connectivity index (χ3n) is 4.49. The smallest absolute Gasteiger partial charge is 0.256 e. The molecule has 2 aromatic rings. The second-order valence-electron chi connectivity index (χ2n) is 5.88. The van der Waals surface area contributed by atoms with E-state index in [1.807, 2.05) is 0 Å². The fraction of sp³-hybridized carbons (Fsp3) is 0.312. The molecule has 0 unspecified atom stereocenters. The standard InChI is InChI=1S/C16H15BrN2O3S/c17-12-9-13(23(21,22)19-7-2-1-3-8-19)10-5-4-6-11-14(10)15(12)18-16(11)20/h4-6,9H,1-3,7-8H2,(H,18,20). The molecule has 2 aliphatic rings. The van der Waals surface area contributed by atoms with Crippen LogP contribution in [0, 0.1) is 0 Å². The van der Waals surface area contributed by atoms with Gasteiger partial charge in [0.05, 0.1) is 10.6 Å². The van der Waals surface area contributed by atoms with Crippen molar-refractivity contribution in [2.24, 2.45) is 0 Å². The van der Waals surface area contributed by atoms with Crippen molar-refractivity contribution < 1.29 is 13.2 Å². The van der Waals surface area contributed by atoms with Gasteiger partial charge in [-0.15, -0.1) is 0 Å². The average molecular weight is 395 g/mol. The third kappa shape index (κ3) is 2.21. The van der Waals surface area contributed by atoms with Gasteiger partial charge in [0, 0.05) is 33.9 Å². The number of anilines is 1. The van der Waals surface area contributed by atoms with Crippen LogP contribution >= 0.6 is 15.9 Å². The first-order chi connectivity index (χ1) is 11.0. The minimum Gasteiger partial charge on any atom is -0.320 e. The van der Waals surface area contributed by atoms with E-state index in [4.69, 9.17) is 0 Å². The minimum atomic E-state index is -3.57. The van der Waals surface area contributed by atoms with Gasteiger partial charge in [0.1, 0.15) is 0 Å². The molecule has 0 bridgehead atoms. The van der Waals surface area contributed by atoms with Gasteiger partial charge >= 0.3 is 0 Å². The van der Waals surface area contributed by atoms with Gasteiger partial charge in [0.25, 0.3) is 5.91 Å². The number of amides is 1. The first-order valence-corrected chi connectivity index (χ1v) is 9.80. The molecule has 1 fully saturated rings. The van der Waals surface area contributed by atoms with Crippen LogP contribution in [0.15, 0.2) is 33.6 Å². The molecule has 7 heteroatoms. The van der Waals surface area contributed by atoms with E-state index in [1.54, 1.807) is 28.6 Å². The van der Waals surface area contributed by atoms with Crippen molar-refractivity contribution >= 4 is 48.3 Å². The monoisotopic (exact) mass is 394 g/mol. The van der Waals surface area contributed by atoms with E-state index in [0.717, 1.165) is 19.3 Å². The number of nitrogens with one attached hydrogen (secondary N) is 1. The number of hydrogen-bond donors (Lipinski definition) is 1. The Morgan fingerprint density at radius 1 is 1.13 bits per heavy atom. The van der Waals surface area contributed by atoms with Crippen LogP contribution in [-0.4, -0.2) is 31.7 Å². The molecule has 0 atom stereocenters. The lowest BCUT2D eigenvalue weighted by atomic mass is 10.1. The van der Waals surface area contributed by atoms with E-state index in [2.05, 4.69) is 21.2 Å². The highest BCUT2D eigenvalue weighted by molar-refractivity contribution is 9.10. The molecular formula is C16H15BrN2O3S. The number of rotatable bonds is 2. The molecule has 0 aromatic heterocycles. The topological polar surface area (TPSA) is 66.5 Å². The SMILES string of the molecule is O=C1Nc2c(Br)cc(S(=O)(=O)N3CCCCC3)c3cccc1c23. The molecule has 23 heavy (non-hydrogen) atoms. The zero-order chi connectivity index (χ0) is 16.2. The molecule has 0 radical (unpaired) electrons. The Hall–Kier alpha value is -1.44. The first kappa shape index (κ1) is 15.1. The van der Waals surface area contributed by atoms with Gasteiger partial charge < -0.3 is 5.32 Å². The number of halogens is 1. The molecule has 0 spiro atoms. The number of piperidine rings is 1. The van der Waals surface area contributed by atoms with Crippen LogP contribution in [-0.2, 0) is 10.0 Å². The summed E-state index contributed by atoms with van der Waals surface area (Å²) in [7, 11) is -3.57. The Bertz CT molecular complexity index is 934. The molecule has 1 saturated heterocycles. The van der Waals surface area contributed by atoms with Gasteiger partial charge in [-0.25, -0.2) is 8.42 Å². The van der Waals surface area contributed by atoms with Gasteiger partial charge in [-0.2, -0.15) is 4.31 Å². The molecule has 2 heterocycles. The van der Waals surface area contributed by atoms with E-state index in [1.165, 1.54) is 0 Å². The molecule has 2 aromatic carbocycles. The Morgan fingerprint density at radius 2 is 1.87 bits per heavy atom. The molecule has 1 amide bonds. The van der Waals surface area contributed by atoms with Crippen molar-refractivity contribution in [1.29, 1.82) is 0 Å². The van der Waals surface area contributed by atoms with Crippen LogP contribution in [0.5, 0.6) is 0 Å². The van der Waals surface area contributed by atoms with Crippen molar-refractivity contribution in [2.45, 2.75) is 24.2 Å². The van der Waals surface area contributed by atoms with Crippen LogP contribution < -0.4 is 5.32 Å². The molecule has 120 valence electrons. The Balaban J connectivity index is 1.99. The zero-order valence-corrected chi connectivity index (χ0v) is 14.7. The molecule has 5 nitrogen and oxygen atoms in total. The lowest BCUT2D eigenvalue weighted by Crippen LogP contribution is -2.35. The van der Waals surface area contributed by atoms with E-state index >= 15 is 0 Å². The summed E-state index contributed by atoms with van der Waals surface area (Å²) >= 11 is 3.41. The van der Waals surface area contributed by atoms with E-state index < -0.39 is 10.0 Å². The molecule has 1 N–H and O–H groups in total. The van der Waals surface area contributed by atoms with Crippen LogP contribution in [0.1, 0.15) is 29.6 Å². The number of nitrogens with zero attached hydrogens (tertiary/aromatic N) is 1. The number of carbonyl (C=O) groups excluding carboxylic acids is 1. The maximum absolute atomic E-state index is 13.1. The van der Waals surface area contributed by atoms with Gasteiger partial charge in [0.15, 0.2) is 0 Å². The highest BCUT2D eigenvalue weighted by Gasteiger charge is 2.32. The van der Waals surface area contributed by atoms with Crippen LogP contribution in [0.25, 0.3) is 10.8 Å². The summed E-state index contributed by atoms with van der Waals surface area (Å²) in [5, 5.41) is 4.09. The number of sulfonamides is 1. The Morgan fingerprint density at radius 3 is 2.61 bits per heavy atom. The first-order valence-electron chi connectivity index (χ1n) is 7.57. The average Bonchev–Trinajstić information content (AvgIpc) is 2.90. The molecule has 0 saturated carbocycles. The zero-order valence-electron chi connectivity index (χ0n) is 12.3. The van der Waals surface area contributed by atoms with Crippen molar-refractivity contribution in [3.05, 3.63) is 34.3 Å². The fourth-order valence-corrected chi connectivity index (χ4v) is 5.77. The summed E-state index contributed by atoms with van der Waals surface area (Å²) in [6.45, 7) is 1.11. The lowest BCUT2D eigenvalue weighted by molar-refractivity contribution is 0.103. The summed E-state index contributed by atoms with van der Waals surface area (Å²) < 4.78 is 28.3. The quantitative estimate of drug-likeness (QED) is 0.848. The van der Waals surface area contributed by atoms with Gasteiger partial charge in [-0.1, -0.05) is 18.6 Å². The molecule has 2 aliphatic heterocycles. The Labute approximate surface area is 142 Å². The number of benzene rings is 2. The predicted molar refractivity (Wildman–Crippen MR) is 92.2 cm³/mol. The highest BCUT2D eigenvalue weighted by atomic mass is 79.9. The van der Waals surface area contributed by atoms with E-state index in [0.29, 0.717) is 39.6 Å². The normalized spacial score (nSPS) is 18.4. The second kappa shape index (κ2) is 5.29. The van der Waals surface area contributed by atoms with Crippen molar-refractivity contribution in [3.8, 4) is 0 Å².